The van der Waals surface area contributed by atoms with E-state index in [0.717, 1.165) is 22.6 Å². The zero-order valence-corrected chi connectivity index (χ0v) is 12.0. The molecule has 0 unspecified atom stereocenters. The van der Waals surface area contributed by atoms with Crippen LogP contribution in [0.1, 0.15) is 11.1 Å². The molecule has 21 heavy (non-hydrogen) atoms. The van der Waals surface area contributed by atoms with E-state index in [0.29, 0.717) is 26.2 Å². The van der Waals surface area contributed by atoms with E-state index < -0.39 is 0 Å². The van der Waals surface area contributed by atoms with E-state index in [1.807, 2.05) is 48.5 Å². The van der Waals surface area contributed by atoms with Crippen molar-refractivity contribution in [2.75, 3.05) is 19.8 Å². The van der Waals surface area contributed by atoms with Gasteiger partial charge in [-0.05, 0) is 41.8 Å². The number of hydrogen-bond acceptors (Lipinski definition) is 4. The van der Waals surface area contributed by atoms with Crippen LogP contribution in [0.3, 0.4) is 0 Å². The summed E-state index contributed by atoms with van der Waals surface area (Å²) in [6.45, 7) is 1.63. The van der Waals surface area contributed by atoms with Crippen molar-refractivity contribution in [1.82, 2.24) is 0 Å². The van der Waals surface area contributed by atoms with Crippen molar-refractivity contribution in [3.63, 3.8) is 0 Å². The lowest BCUT2D eigenvalue weighted by Crippen LogP contribution is -2.09. The highest BCUT2D eigenvalue weighted by Gasteiger charge is 1.98. The van der Waals surface area contributed by atoms with E-state index in [9.17, 15) is 0 Å². The van der Waals surface area contributed by atoms with Crippen LogP contribution in [0.4, 0.5) is 0 Å². The van der Waals surface area contributed by atoms with Gasteiger partial charge in [0, 0.05) is 13.2 Å². The number of ether oxygens (including phenoxy) is 2. The van der Waals surface area contributed by atoms with Crippen molar-refractivity contribution in [2.45, 2.75) is 13.0 Å². The van der Waals surface area contributed by atoms with Gasteiger partial charge in [-0.15, -0.1) is 0 Å². The van der Waals surface area contributed by atoms with Gasteiger partial charge in [-0.25, -0.2) is 0 Å². The van der Waals surface area contributed by atoms with Gasteiger partial charge in [0.2, 0.25) is 0 Å². The van der Waals surface area contributed by atoms with Gasteiger partial charge in [-0.3, -0.25) is 0 Å². The van der Waals surface area contributed by atoms with Crippen LogP contribution in [0, 0.1) is 0 Å². The third-order valence-electron chi connectivity index (χ3n) is 3.08. The van der Waals surface area contributed by atoms with Gasteiger partial charge in [0.05, 0.1) is 0 Å². The maximum Gasteiger partial charge on any atom is 0.122 e. The van der Waals surface area contributed by atoms with Gasteiger partial charge < -0.3 is 20.3 Å². The van der Waals surface area contributed by atoms with Gasteiger partial charge in [-0.1, -0.05) is 24.3 Å². The van der Waals surface area contributed by atoms with Gasteiger partial charge in [0.1, 0.15) is 24.7 Å². The van der Waals surface area contributed by atoms with E-state index in [-0.39, 0.29) is 6.61 Å². The monoisotopic (exact) mass is 287 g/mol. The number of nitrogens with two attached hydrogens (primary N) is 1. The van der Waals surface area contributed by atoms with Gasteiger partial charge in [0.25, 0.3) is 0 Å². The molecule has 0 fully saturated rings. The Morgan fingerprint density at radius 1 is 0.857 bits per heavy atom. The molecule has 2 aromatic carbocycles. The van der Waals surface area contributed by atoms with Crippen LogP contribution >= 0.6 is 0 Å². The lowest BCUT2D eigenvalue weighted by molar-refractivity contribution is 0.217. The maximum atomic E-state index is 8.85. The normalized spacial score (nSPS) is 10.4. The fraction of sp³-hybridized carbons (Fsp3) is 0.294. The Hall–Kier alpha value is -2.04. The van der Waals surface area contributed by atoms with E-state index in [1.165, 1.54) is 0 Å². The number of aliphatic hydroxyl groups excluding tert-OH is 1. The third-order valence-corrected chi connectivity index (χ3v) is 3.08. The molecule has 0 bridgehead atoms. The summed E-state index contributed by atoms with van der Waals surface area (Å²) in [5.41, 5.74) is 7.73. The number of rotatable bonds is 8. The number of aliphatic hydroxyl groups is 1. The van der Waals surface area contributed by atoms with Crippen LogP contribution in [-0.4, -0.2) is 24.9 Å². The summed E-state index contributed by atoms with van der Waals surface area (Å²) in [6.07, 6.45) is 0.668. The predicted octanol–water partition coefficient (Wildman–Crippen LogP) is 2.14. The van der Waals surface area contributed by atoms with Crippen LogP contribution in [0.5, 0.6) is 11.5 Å². The first-order chi connectivity index (χ1) is 10.3. The van der Waals surface area contributed by atoms with E-state index in [1.54, 1.807) is 0 Å². The average Bonchev–Trinajstić information content (AvgIpc) is 2.53. The Labute approximate surface area is 125 Å². The molecule has 3 N–H and O–H groups in total. The quantitative estimate of drug-likeness (QED) is 0.730. The van der Waals surface area contributed by atoms with E-state index in [4.69, 9.17) is 20.3 Å². The van der Waals surface area contributed by atoms with Crippen LogP contribution in [0.2, 0.25) is 0 Å². The Balaban J connectivity index is 1.73. The largest absolute Gasteiger partial charge is 0.490 e. The minimum atomic E-state index is 0.163. The summed E-state index contributed by atoms with van der Waals surface area (Å²) >= 11 is 0. The standard InChI is InChI=1S/C17H21NO3/c18-13-15-2-1-3-17(12-15)21-11-10-20-16-6-4-14(5-7-16)8-9-19/h1-7,12,19H,8-11,13,18H2. The molecule has 2 rings (SSSR count). The van der Waals surface area contributed by atoms with Crippen molar-refractivity contribution in [2.24, 2.45) is 5.73 Å². The van der Waals surface area contributed by atoms with Gasteiger partial charge in [-0.2, -0.15) is 0 Å². The van der Waals surface area contributed by atoms with Crippen molar-refractivity contribution >= 4 is 0 Å². The maximum absolute atomic E-state index is 8.85. The van der Waals surface area contributed by atoms with Gasteiger partial charge in [0.15, 0.2) is 0 Å². The lowest BCUT2D eigenvalue weighted by Gasteiger charge is -2.09. The van der Waals surface area contributed by atoms with Crippen molar-refractivity contribution in [3.05, 3.63) is 59.7 Å². The molecule has 0 atom stereocenters. The number of hydrogen-bond donors (Lipinski definition) is 2. The van der Waals surface area contributed by atoms with E-state index in [2.05, 4.69) is 0 Å². The first-order valence-electron chi connectivity index (χ1n) is 7.06. The highest BCUT2D eigenvalue weighted by Crippen LogP contribution is 2.14. The Morgan fingerprint density at radius 2 is 1.57 bits per heavy atom. The minimum absolute atomic E-state index is 0.163. The van der Waals surface area contributed by atoms with Crippen molar-refractivity contribution in [3.8, 4) is 11.5 Å². The van der Waals surface area contributed by atoms with Crippen molar-refractivity contribution in [1.29, 1.82) is 0 Å². The second-order valence-corrected chi connectivity index (χ2v) is 4.67. The molecule has 0 heterocycles. The molecule has 4 heteroatoms. The summed E-state index contributed by atoms with van der Waals surface area (Å²) in [5, 5.41) is 8.85. The molecule has 0 radical (unpaired) electrons. The molecule has 0 spiro atoms. The fourth-order valence-electron chi connectivity index (χ4n) is 1.96. The zero-order chi connectivity index (χ0) is 14.9. The van der Waals surface area contributed by atoms with Crippen LogP contribution in [0.15, 0.2) is 48.5 Å². The molecule has 4 nitrogen and oxygen atoms in total. The Kier molecular flexibility index (Phi) is 6.06. The summed E-state index contributed by atoms with van der Waals surface area (Å²) in [5.74, 6) is 1.61. The summed E-state index contributed by atoms with van der Waals surface area (Å²) in [4.78, 5) is 0. The molecule has 0 aromatic heterocycles. The molecule has 0 aliphatic heterocycles. The smallest absolute Gasteiger partial charge is 0.122 e. The Morgan fingerprint density at radius 3 is 2.24 bits per heavy atom. The average molecular weight is 287 g/mol. The molecular formula is C17H21NO3. The zero-order valence-electron chi connectivity index (χ0n) is 12.0. The minimum Gasteiger partial charge on any atom is -0.490 e. The highest BCUT2D eigenvalue weighted by atomic mass is 16.5. The van der Waals surface area contributed by atoms with Crippen LogP contribution in [0.25, 0.3) is 0 Å². The summed E-state index contributed by atoms with van der Waals surface area (Å²) in [6, 6.07) is 15.5. The highest BCUT2D eigenvalue weighted by molar-refractivity contribution is 5.29. The topological polar surface area (TPSA) is 64.7 Å². The number of benzene rings is 2. The SMILES string of the molecule is NCc1cccc(OCCOc2ccc(CCO)cc2)c1. The predicted molar refractivity (Wildman–Crippen MR) is 82.6 cm³/mol. The molecule has 0 amide bonds. The van der Waals surface area contributed by atoms with Crippen LogP contribution in [-0.2, 0) is 13.0 Å². The first kappa shape index (κ1) is 15.4. The molecule has 0 saturated heterocycles. The molecule has 2 aromatic rings. The first-order valence-corrected chi connectivity index (χ1v) is 7.06. The lowest BCUT2D eigenvalue weighted by atomic mass is 10.1. The second-order valence-electron chi connectivity index (χ2n) is 4.67. The van der Waals surface area contributed by atoms with Gasteiger partial charge >= 0.3 is 0 Å². The third kappa shape index (κ3) is 5.10. The fourth-order valence-corrected chi connectivity index (χ4v) is 1.96. The van der Waals surface area contributed by atoms with Crippen molar-refractivity contribution < 1.29 is 14.6 Å². The molecule has 0 saturated carbocycles. The molecule has 0 aliphatic carbocycles. The summed E-state index contributed by atoms with van der Waals surface area (Å²) < 4.78 is 11.2. The second kappa shape index (κ2) is 8.29. The molecule has 0 aliphatic rings. The molecule has 112 valence electrons. The summed E-state index contributed by atoms with van der Waals surface area (Å²) in [7, 11) is 0. The van der Waals surface area contributed by atoms with E-state index >= 15 is 0 Å². The Bertz CT molecular complexity index is 540. The molecular weight excluding hydrogens is 266 g/mol. The van der Waals surface area contributed by atoms with Crippen LogP contribution < -0.4 is 15.2 Å².